The van der Waals surface area contributed by atoms with Gasteiger partial charge < -0.3 is 10.0 Å². The molecule has 0 radical (unpaired) electrons. The summed E-state index contributed by atoms with van der Waals surface area (Å²) in [6.07, 6.45) is 1.87. The molecular weight excluding hydrogens is 404 g/mol. The van der Waals surface area contributed by atoms with Crippen LogP contribution in [0.5, 0.6) is 0 Å². The molecule has 5 heteroatoms. The molecule has 3 aromatic carbocycles. The molecular formula is C26H24N2O2S. The summed E-state index contributed by atoms with van der Waals surface area (Å²) in [5.41, 5.74) is 5.00. The molecule has 0 saturated carbocycles. The van der Waals surface area contributed by atoms with Crippen molar-refractivity contribution in [2.45, 2.75) is 19.9 Å². The van der Waals surface area contributed by atoms with Crippen LogP contribution in [-0.4, -0.2) is 22.6 Å². The average molecular weight is 429 g/mol. The Balaban J connectivity index is 1.59. The van der Waals surface area contributed by atoms with E-state index in [0.717, 1.165) is 45.1 Å². The highest BCUT2D eigenvalue weighted by Crippen LogP contribution is 2.30. The Hall–Kier alpha value is -3.44. The number of carboxylic acids is 1. The van der Waals surface area contributed by atoms with E-state index >= 15 is 0 Å². The summed E-state index contributed by atoms with van der Waals surface area (Å²) in [6, 6.07) is 26.6. The molecule has 4 nitrogen and oxygen atoms in total. The van der Waals surface area contributed by atoms with Gasteiger partial charge in [-0.15, -0.1) is 11.3 Å². The van der Waals surface area contributed by atoms with Gasteiger partial charge in [-0.2, -0.15) is 0 Å². The monoisotopic (exact) mass is 428 g/mol. The van der Waals surface area contributed by atoms with Crippen LogP contribution in [0.4, 0.5) is 5.69 Å². The lowest BCUT2D eigenvalue weighted by Gasteiger charge is -2.23. The van der Waals surface area contributed by atoms with Gasteiger partial charge in [0.2, 0.25) is 0 Å². The second kappa shape index (κ2) is 9.58. The van der Waals surface area contributed by atoms with Gasteiger partial charge in [0.05, 0.1) is 16.6 Å². The predicted molar refractivity (Wildman–Crippen MR) is 129 cm³/mol. The summed E-state index contributed by atoms with van der Waals surface area (Å²) in [7, 11) is 0. The number of nitrogens with zero attached hydrogens (tertiary/aromatic N) is 2. The molecule has 1 heterocycles. The molecule has 4 aromatic rings. The van der Waals surface area contributed by atoms with Crippen molar-refractivity contribution < 1.29 is 9.90 Å². The second-order valence-corrected chi connectivity index (χ2v) is 8.35. The van der Waals surface area contributed by atoms with Crippen molar-refractivity contribution in [1.29, 1.82) is 0 Å². The lowest BCUT2D eigenvalue weighted by atomic mass is 10.1. The van der Waals surface area contributed by atoms with E-state index in [1.54, 1.807) is 0 Å². The van der Waals surface area contributed by atoms with Crippen LogP contribution in [0.2, 0.25) is 0 Å². The molecule has 1 N–H and O–H groups in total. The summed E-state index contributed by atoms with van der Waals surface area (Å²) >= 11 is 1.53. The number of hydrogen-bond donors (Lipinski definition) is 1. The van der Waals surface area contributed by atoms with Crippen molar-refractivity contribution in [3.05, 3.63) is 95.0 Å². The number of anilines is 1. The molecule has 0 spiro atoms. The highest BCUT2D eigenvalue weighted by molar-refractivity contribution is 7.19. The smallest absolute Gasteiger partial charge is 0.307 e. The van der Waals surface area contributed by atoms with Gasteiger partial charge in [0.15, 0.2) is 0 Å². The summed E-state index contributed by atoms with van der Waals surface area (Å²) in [5.74, 6) is -0.859. The SMILES string of the molecule is CCN(Cc1ccccc1)c1ccc(/C=C(/CC(=O)O)c2nc3ccccc3s2)cc1. The van der Waals surface area contributed by atoms with E-state index in [9.17, 15) is 9.90 Å². The number of aromatic nitrogens is 1. The van der Waals surface area contributed by atoms with Gasteiger partial charge in [0.25, 0.3) is 0 Å². The minimum atomic E-state index is -0.859. The number of carbonyl (C=O) groups is 1. The number of thiazole rings is 1. The van der Waals surface area contributed by atoms with Crippen LogP contribution in [0.1, 0.15) is 29.5 Å². The minimum Gasteiger partial charge on any atom is -0.481 e. The van der Waals surface area contributed by atoms with Crippen LogP contribution in [0.15, 0.2) is 78.9 Å². The number of para-hydroxylation sites is 1. The third kappa shape index (κ3) is 5.19. The fourth-order valence-corrected chi connectivity index (χ4v) is 4.51. The fraction of sp³-hybridized carbons (Fsp3) is 0.154. The maximum absolute atomic E-state index is 11.5. The fourth-order valence-electron chi connectivity index (χ4n) is 3.53. The van der Waals surface area contributed by atoms with Gasteiger partial charge in [0.1, 0.15) is 5.01 Å². The second-order valence-electron chi connectivity index (χ2n) is 7.32. The molecule has 0 amide bonds. The van der Waals surface area contributed by atoms with Gasteiger partial charge in [-0.25, -0.2) is 4.98 Å². The normalized spacial score (nSPS) is 11.6. The summed E-state index contributed by atoms with van der Waals surface area (Å²) in [6.45, 7) is 3.90. The largest absolute Gasteiger partial charge is 0.481 e. The Morgan fingerprint density at radius 1 is 1.00 bits per heavy atom. The zero-order chi connectivity index (χ0) is 21.6. The number of carboxylic acid groups (broad SMARTS) is 1. The van der Waals surface area contributed by atoms with E-state index in [1.165, 1.54) is 16.9 Å². The molecule has 0 saturated heterocycles. The van der Waals surface area contributed by atoms with Crippen molar-refractivity contribution in [1.82, 2.24) is 4.98 Å². The first kappa shape index (κ1) is 20.8. The van der Waals surface area contributed by atoms with Gasteiger partial charge in [-0.1, -0.05) is 54.6 Å². The first-order valence-electron chi connectivity index (χ1n) is 10.3. The van der Waals surface area contributed by atoms with Gasteiger partial charge in [-0.3, -0.25) is 4.79 Å². The molecule has 0 aliphatic rings. The molecule has 0 atom stereocenters. The summed E-state index contributed by atoms with van der Waals surface area (Å²) in [5, 5.41) is 10.2. The average Bonchev–Trinajstić information content (AvgIpc) is 3.22. The van der Waals surface area contributed by atoms with Crippen molar-refractivity contribution in [2.24, 2.45) is 0 Å². The third-order valence-corrected chi connectivity index (χ3v) is 6.22. The summed E-state index contributed by atoms with van der Waals surface area (Å²) in [4.78, 5) is 18.4. The van der Waals surface area contributed by atoms with Crippen LogP contribution >= 0.6 is 11.3 Å². The van der Waals surface area contributed by atoms with Crippen LogP contribution in [0.3, 0.4) is 0 Å². The Bertz CT molecular complexity index is 1160. The Kier molecular flexibility index (Phi) is 6.43. The first-order chi connectivity index (χ1) is 15.1. The van der Waals surface area contributed by atoms with Crippen molar-refractivity contribution >= 4 is 44.9 Å². The van der Waals surface area contributed by atoms with E-state index in [-0.39, 0.29) is 6.42 Å². The molecule has 0 aliphatic carbocycles. The van der Waals surface area contributed by atoms with Crippen molar-refractivity contribution in [2.75, 3.05) is 11.4 Å². The van der Waals surface area contributed by atoms with Crippen molar-refractivity contribution in [3.8, 4) is 0 Å². The molecule has 0 bridgehead atoms. The van der Waals surface area contributed by atoms with Crippen molar-refractivity contribution in [3.63, 3.8) is 0 Å². The maximum Gasteiger partial charge on any atom is 0.307 e. The first-order valence-corrected chi connectivity index (χ1v) is 11.1. The van der Waals surface area contributed by atoms with Crippen LogP contribution < -0.4 is 4.90 Å². The topological polar surface area (TPSA) is 53.4 Å². The van der Waals surface area contributed by atoms with Gasteiger partial charge in [-0.05, 0) is 54.0 Å². The standard InChI is InChI=1S/C26H24N2O2S/c1-2-28(18-20-8-4-3-5-9-20)22-14-12-19(13-15-22)16-21(17-25(29)30)26-27-23-10-6-7-11-24(23)31-26/h3-16H,2,17-18H2,1H3,(H,29,30)/b21-16-. The molecule has 0 aliphatic heterocycles. The highest BCUT2D eigenvalue weighted by atomic mass is 32.1. The van der Waals surface area contributed by atoms with E-state index in [0.29, 0.717) is 0 Å². The molecule has 156 valence electrons. The van der Waals surface area contributed by atoms with Crippen LogP contribution in [0.25, 0.3) is 21.9 Å². The zero-order valence-corrected chi connectivity index (χ0v) is 18.2. The number of aliphatic carboxylic acids is 1. The van der Waals surface area contributed by atoms with Crippen LogP contribution in [-0.2, 0) is 11.3 Å². The Morgan fingerprint density at radius 3 is 2.39 bits per heavy atom. The summed E-state index contributed by atoms with van der Waals surface area (Å²) < 4.78 is 1.06. The lowest BCUT2D eigenvalue weighted by Crippen LogP contribution is -2.21. The molecule has 0 fully saturated rings. The number of fused-ring (bicyclic) bond motifs is 1. The number of rotatable bonds is 8. The molecule has 31 heavy (non-hydrogen) atoms. The predicted octanol–water partition coefficient (Wildman–Crippen LogP) is 6.34. The van der Waals surface area contributed by atoms with E-state index in [4.69, 9.17) is 0 Å². The molecule has 0 unspecified atom stereocenters. The third-order valence-electron chi connectivity index (χ3n) is 5.11. The van der Waals surface area contributed by atoms with E-state index in [2.05, 4.69) is 53.2 Å². The van der Waals surface area contributed by atoms with E-state index in [1.807, 2.05) is 48.5 Å². The number of benzene rings is 3. The zero-order valence-electron chi connectivity index (χ0n) is 17.4. The molecule has 1 aromatic heterocycles. The van der Waals surface area contributed by atoms with Gasteiger partial charge in [0, 0.05) is 18.8 Å². The maximum atomic E-state index is 11.5. The Labute approximate surface area is 186 Å². The Morgan fingerprint density at radius 2 is 1.71 bits per heavy atom. The number of hydrogen-bond acceptors (Lipinski definition) is 4. The van der Waals surface area contributed by atoms with Crippen LogP contribution in [0, 0.1) is 0 Å². The molecule has 4 rings (SSSR count). The quantitative estimate of drug-likeness (QED) is 0.356. The minimum absolute atomic E-state index is 0.0589. The van der Waals surface area contributed by atoms with E-state index < -0.39 is 5.97 Å². The highest BCUT2D eigenvalue weighted by Gasteiger charge is 2.13. The van der Waals surface area contributed by atoms with Gasteiger partial charge >= 0.3 is 5.97 Å². The lowest BCUT2D eigenvalue weighted by molar-refractivity contribution is -0.135.